The average Bonchev–Trinajstić information content (AvgIpc) is 3.02. The van der Waals surface area contributed by atoms with Crippen LogP contribution in [0.4, 0.5) is 5.95 Å². The van der Waals surface area contributed by atoms with Crippen molar-refractivity contribution in [3.05, 3.63) is 30.7 Å². The third kappa shape index (κ3) is 2.43. The van der Waals surface area contributed by atoms with Gasteiger partial charge in [-0.2, -0.15) is 5.26 Å². The normalized spacial score (nSPS) is 16.3. The highest BCUT2D eigenvalue weighted by atomic mass is 15.2. The SMILES string of the molecule is N#CC1CCN(c2ncc(-c3ccc[nH]3)cn2)CC1. The quantitative estimate of drug-likeness (QED) is 0.891. The lowest BCUT2D eigenvalue weighted by molar-refractivity contribution is 0.482. The van der Waals surface area contributed by atoms with Gasteiger partial charge in [-0.15, -0.1) is 0 Å². The van der Waals surface area contributed by atoms with E-state index >= 15 is 0 Å². The molecule has 0 spiro atoms. The first-order valence-corrected chi connectivity index (χ1v) is 6.47. The minimum atomic E-state index is 0.189. The molecule has 2 aromatic heterocycles. The second-order valence-corrected chi connectivity index (χ2v) is 4.75. The summed E-state index contributed by atoms with van der Waals surface area (Å²) >= 11 is 0. The Morgan fingerprint density at radius 2 is 2.00 bits per heavy atom. The minimum Gasteiger partial charge on any atom is -0.361 e. The Hall–Kier alpha value is -2.35. The molecule has 5 nitrogen and oxygen atoms in total. The van der Waals surface area contributed by atoms with Crippen molar-refractivity contribution in [2.24, 2.45) is 5.92 Å². The lowest BCUT2D eigenvalue weighted by Crippen LogP contribution is -2.34. The summed E-state index contributed by atoms with van der Waals surface area (Å²) in [6.07, 6.45) is 7.36. The fraction of sp³-hybridized carbons (Fsp3) is 0.357. The molecule has 0 saturated carbocycles. The third-order valence-corrected chi connectivity index (χ3v) is 3.51. The van der Waals surface area contributed by atoms with Gasteiger partial charge in [0.25, 0.3) is 0 Å². The highest BCUT2D eigenvalue weighted by Crippen LogP contribution is 2.21. The maximum atomic E-state index is 8.89. The Balaban J connectivity index is 1.72. The standard InChI is InChI=1S/C14H15N5/c15-8-11-3-6-19(7-4-11)14-17-9-12(10-18-14)13-2-1-5-16-13/h1-2,5,9-11,16H,3-4,6-7H2. The molecule has 0 bridgehead atoms. The van der Waals surface area contributed by atoms with E-state index in [-0.39, 0.29) is 5.92 Å². The Bertz CT molecular complexity index is 559. The predicted octanol–water partition coefficient (Wildman–Crippen LogP) is 2.21. The van der Waals surface area contributed by atoms with Gasteiger partial charge in [-0.3, -0.25) is 0 Å². The summed E-state index contributed by atoms with van der Waals surface area (Å²) in [7, 11) is 0. The Labute approximate surface area is 111 Å². The van der Waals surface area contributed by atoms with Crippen LogP contribution in [-0.4, -0.2) is 28.0 Å². The van der Waals surface area contributed by atoms with Crippen LogP contribution in [0.15, 0.2) is 30.7 Å². The van der Waals surface area contributed by atoms with Gasteiger partial charge in [0.2, 0.25) is 5.95 Å². The monoisotopic (exact) mass is 253 g/mol. The van der Waals surface area contributed by atoms with Gasteiger partial charge in [0, 0.05) is 48.9 Å². The molecule has 0 amide bonds. The van der Waals surface area contributed by atoms with E-state index in [1.807, 2.05) is 30.7 Å². The average molecular weight is 253 g/mol. The van der Waals surface area contributed by atoms with Gasteiger partial charge in [0.15, 0.2) is 0 Å². The summed E-state index contributed by atoms with van der Waals surface area (Å²) in [6.45, 7) is 1.72. The molecule has 96 valence electrons. The molecular formula is C14H15N5. The number of nitrogens with zero attached hydrogens (tertiary/aromatic N) is 4. The minimum absolute atomic E-state index is 0.189. The van der Waals surface area contributed by atoms with E-state index in [0.717, 1.165) is 43.1 Å². The topological polar surface area (TPSA) is 68.6 Å². The van der Waals surface area contributed by atoms with Crippen LogP contribution < -0.4 is 4.90 Å². The number of rotatable bonds is 2. The molecule has 1 saturated heterocycles. The molecule has 0 aliphatic carbocycles. The molecule has 0 unspecified atom stereocenters. The summed E-state index contributed by atoms with van der Waals surface area (Å²) in [5.41, 5.74) is 2.01. The molecule has 2 aromatic rings. The zero-order valence-corrected chi connectivity index (χ0v) is 10.6. The van der Waals surface area contributed by atoms with Crippen LogP contribution in [0.1, 0.15) is 12.8 Å². The van der Waals surface area contributed by atoms with Crippen molar-refractivity contribution in [1.82, 2.24) is 15.0 Å². The van der Waals surface area contributed by atoms with Crippen LogP contribution in [0.2, 0.25) is 0 Å². The third-order valence-electron chi connectivity index (χ3n) is 3.51. The largest absolute Gasteiger partial charge is 0.361 e. The molecule has 0 atom stereocenters. The zero-order chi connectivity index (χ0) is 13.1. The van der Waals surface area contributed by atoms with E-state index in [1.165, 1.54) is 0 Å². The van der Waals surface area contributed by atoms with E-state index in [0.29, 0.717) is 0 Å². The summed E-state index contributed by atoms with van der Waals surface area (Å²) in [5, 5.41) is 8.89. The van der Waals surface area contributed by atoms with Crippen LogP contribution in [0.3, 0.4) is 0 Å². The van der Waals surface area contributed by atoms with E-state index in [2.05, 4.69) is 25.9 Å². The number of aromatic nitrogens is 3. The highest BCUT2D eigenvalue weighted by molar-refractivity contribution is 5.57. The van der Waals surface area contributed by atoms with E-state index in [4.69, 9.17) is 5.26 Å². The molecule has 1 fully saturated rings. The van der Waals surface area contributed by atoms with Gasteiger partial charge in [-0.05, 0) is 25.0 Å². The van der Waals surface area contributed by atoms with Crippen molar-refractivity contribution >= 4 is 5.95 Å². The smallest absolute Gasteiger partial charge is 0.225 e. The van der Waals surface area contributed by atoms with Gasteiger partial charge >= 0.3 is 0 Å². The zero-order valence-electron chi connectivity index (χ0n) is 10.6. The highest BCUT2D eigenvalue weighted by Gasteiger charge is 2.20. The number of anilines is 1. The second-order valence-electron chi connectivity index (χ2n) is 4.75. The summed E-state index contributed by atoms with van der Waals surface area (Å²) in [6, 6.07) is 6.28. The van der Waals surface area contributed by atoms with Gasteiger partial charge in [-0.1, -0.05) is 0 Å². The van der Waals surface area contributed by atoms with Crippen molar-refractivity contribution in [3.8, 4) is 17.3 Å². The molecule has 0 aromatic carbocycles. The summed E-state index contributed by atoms with van der Waals surface area (Å²) < 4.78 is 0. The first-order chi connectivity index (χ1) is 9.36. The lowest BCUT2D eigenvalue weighted by atomic mass is 9.99. The number of piperidine rings is 1. The van der Waals surface area contributed by atoms with Crippen LogP contribution in [0.25, 0.3) is 11.3 Å². The summed E-state index contributed by atoms with van der Waals surface area (Å²) in [5.74, 6) is 0.945. The summed E-state index contributed by atoms with van der Waals surface area (Å²) in [4.78, 5) is 14.1. The Morgan fingerprint density at radius 3 is 2.58 bits per heavy atom. The fourth-order valence-corrected chi connectivity index (χ4v) is 2.34. The molecular weight excluding hydrogens is 238 g/mol. The maximum Gasteiger partial charge on any atom is 0.225 e. The molecule has 1 aliphatic rings. The Morgan fingerprint density at radius 1 is 1.26 bits per heavy atom. The molecule has 1 N–H and O–H groups in total. The van der Waals surface area contributed by atoms with Crippen molar-refractivity contribution in [3.63, 3.8) is 0 Å². The van der Waals surface area contributed by atoms with Crippen molar-refractivity contribution in [2.75, 3.05) is 18.0 Å². The van der Waals surface area contributed by atoms with Crippen LogP contribution in [0.5, 0.6) is 0 Å². The van der Waals surface area contributed by atoms with E-state index < -0.39 is 0 Å². The van der Waals surface area contributed by atoms with Crippen LogP contribution in [-0.2, 0) is 0 Å². The molecule has 19 heavy (non-hydrogen) atoms. The Kier molecular flexibility index (Phi) is 3.15. The van der Waals surface area contributed by atoms with Crippen LogP contribution >= 0.6 is 0 Å². The van der Waals surface area contributed by atoms with Crippen molar-refractivity contribution in [1.29, 1.82) is 5.26 Å². The lowest BCUT2D eigenvalue weighted by Gasteiger charge is -2.28. The van der Waals surface area contributed by atoms with Gasteiger partial charge < -0.3 is 9.88 Å². The first-order valence-electron chi connectivity index (χ1n) is 6.47. The van der Waals surface area contributed by atoms with E-state index in [1.54, 1.807) is 0 Å². The molecule has 0 radical (unpaired) electrons. The predicted molar refractivity (Wildman–Crippen MR) is 72.4 cm³/mol. The fourth-order valence-electron chi connectivity index (χ4n) is 2.34. The number of aromatic amines is 1. The number of hydrogen-bond donors (Lipinski definition) is 1. The number of nitriles is 1. The second kappa shape index (κ2) is 5.11. The van der Waals surface area contributed by atoms with E-state index in [9.17, 15) is 0 Å². The number of hydrogen-bond acceptors (Lipinski definition) is 4. The maximum absolute atomic E-state index is 8.89. The first kappa shape index (κ1) is 11.7. The van der Waals surface area contributed by atoms with Crippen molar-refractivity contribution in [2.45, 2.75) is 12.8 Å². The molecule has 3 heterocycles. The van der Waals surface area contributed by atoms with Gasteiger partial charge in [0.05, 0.1) is 6.07 Å². The van der Waals surface area contributed by atoms with Crippen LogP contribution in [0, 0.1) is 17.2 Å². The van der Waals surface area contributed by atoms with Gasteiger partial charge in [0.1, 0.15) is 0 Å². The molecule has 5 heteroatoms. The number of nitrogens with one attached hydrogen (secondary N) is 1. The molecule has 3 rings (SSSR count). The van der Waals surface area contributed by atoms with Crippen molar-refractivity contribution < 1.29 is 0 Å². The van der Waals surface area contributed by atoms with Gasteiger partial charge in [-0.25, -0.2) is 9.97 Å². The number of H-pyrrole nitrogens is 1. The molecule has 1 aliphatic heterocycles.